The largest absolute Gasteiger partial charge is 0.480 e. The zero-order chi connectivity index (χ0) is 20.9. The van der Waals surface area contributed by atoms with E-state index in [1.54, 1.807) is 0 Å². The fraction of sp³-hybridized carbons (Fsp3) is 0.412. The van der Waals surface area contributed by atoms with Crippen LogP contribution >= 0.6 is 0 Å². The molecule has 1 aliphatic carbocycles. The van der Waals surface area contributed by atoms with E-state index in [1.807, 2.05) is 0 Å². The zero-order valence-electron chi connectivity index (χ0n) is 15.1. The summed E-state index contributed by atoms with van der Waals surface area (Å²) in [6.45, 7) is 0. The molecule has 0 unspecified atom stereocenters. The molecule has 3 aromatic heterocycles. The first-order chi connectivity index (χ1) is 13.7. The lowest BCUT2D eigenvalue weighted by Crippen LogP contribution is -2.13. The summed E-state index contributed by atoms with van der Waals surface area (Å²) in [5.74, 6) is -2.75. The Hall–Kier alpha value is -3.05. The Morgan fingerprint density at radius 2 is 1.90 bits per heavy atom. The van der Waals surface area contributed by atoms with Crippen LogP contribution in [0.4, 0.5) is 22.0 Å². The molecule has 0 aromatic carbocycles. The van der Waals surface area contributed by atoms with Crippen molar-refractivity contribution in [2.75, 3.05) is 14.2 Å². The Balaban J connectivity index is 1.93. The van der Waals surface area contributed by atoms with E-state index in [-0.39, 0.29) is 35.1 Å². The van der Waals surface area contributed by atoms with Gasteiger partial charge in [0.15, 0.2) is 0 Å². The fourth-order valence-corrected chi connectivity index (χ4v) is 3.25. The number of nitrogens with zero attached hydrogens (tertiary/aromatic N) is 5. The van der Waals surface area contributed by atoms with Gasteiger partial charge in [0.1, 0.15) is 0 Å². The van der Waals surface area contributed by atoms with E-state index in [0.717, 1.165) is 6.20 Å². The second kappa shape index (κ2) is 6.78. The average Bonchev–Trinajstić information content (AvgIpc) is 3.37. The number of hydrogen-bond donors (Lipinski definition) is 0. The molecule has 3 aromatic rings. The molecule has 0 amide bonds. The molecule has 0 aliphatic heterocycles. The molecule has 1 fully saturated rings. The maximum Gasteiger partial charge on any atom is 0.451 e. The van der Waals surface area contributed by atoms with Crippen molar-refractivity contribution >= 4 is 5.52 Å². The van der Waals surface area contributed by atoms with E-state index in [9.17, 15) is 22.0 Å². The molecule has 0 N–H and O–H groups in total. The van der Waals surface area contributed by atoms with Crippen molar-refractivity contribution in [1.29, 1.82) is 0 Å². The van der Waals surface area contributed by atoms with E-state index in [2.05, 4.69) is 20.1 Å². The summed E-state index contributed by atoms with van der Waals surface area (Å²) in [6, 6.07) is 1.45. The van der Waals surface area contributed by atoms with Crippen LogP contribution in [0.5, 0.6) is 11.9 Å². The normalized spacial score (nSPS) is 19.0. The van der Waals surface area contributed by atoms with E-state index >= 15 is 0 Å². The Bertz CT molecular complexity index is 1070. The highest BCUT2D eigenvalue weighted by atomic mass is 19.4. The maximum absolute atomic E-state index is 13.4. The van der Waals surface area contributed by atoms with Crippen LogP contribution < -0.4 is 9.47 Å². The third-order valence-electron chi connectivity index (χ3n) is 4.73. The average molecular weight is 415 g/mol. The molecular formula is C17H14F5N5O2. The van der Waals surface area contributed by atoms with Gasteiger partial charge in [0.05, 0.1) is 37.2 Å². The maximum atomic E-state index is 13.4. The van der Waals surface area contributed by atoms with Gasteiger partial charge in [-0.2, -0.15) is 23.3 Å². The van der Waals surface area contributed by atoms with Crippen molar-refractivity contribution in [3.8, 4) is 23.1 Å². The van der Waals surface area contributed by atoms with Crippen LogP contribution in [0.15, 0.2) is 18.5 Å². The predicted molar refractivity (Wildman–Crippen MR) is 89.0 cm³/mol. The smallest absolute Gasteiger partial charge is 0.451 e. The number of methoxy groups -OCH3 is 2. The van der Waals surface area contributed by atoms with Crippen molar-refractivity contribution < 1.29 is 31.4 Å². The van der Waals surface area contributed by atoms with Crippen LogP contribution in [-0.4, -0.2) is 45.2 Å². The Morgan fingerprint density at radius 1 is 1.14 bits per heavy atom. The fourth-order valence-electron chi connectivity index (χ4n) is 3.25. The number of imidazole rings is 1. The number of fused-ring (bicyclic) bond motifs is 1. The van der Waals surface area contributed by atoms with Gasteiger partial charge < -0.3 is 9.47 Å². The van der Waals surface area contributed by atoms with Crippen molar-refractivity contribution in [3.05, 3.63) is 29.8 Å². The van der Waals surface area contributed by atoms with Crippen LogP contribution in [0.3, 0.4) is 0 Å². The Kier molecular flexibility index (Phi) is 4.50. The van der Waals surface area contributed by atoms with Gasteiger partial charge in [-0.1, -0.05) is 0 Å². The summed E-state index contributed by atoms with van der Waals surface area (Å²) >= 11 is 0. The van der Waals surface area contributed by atoms with Crippen molar-refractivity contribution in [2.24, 2.45) is 5.92 Å². The molecule has 154 valence electrons. The van der Waals surface area contributed by atoms with Gasteiger partial charge in [-0.15, -0.1) is 0 Å². The Labute approximate surface area is 160 Å². The van der Waals surface area contributed by atoms with Gasteiger partial charge >= 0.3 is 12.2 Å². The molecule has 3 heterocycles. The topological polar surface area (TPSA) is 74.4 Å². The first kappa shape index (κ1) is 19.3. The second-order valence-electron chi connectivity index (χ2n) is 6.48. The molecule has 2 atom stereocenters. The number of aromatic nitrogens is 5. The van der Waals surface area contributed by atoms with Crippen LogP contribution in [-0.2, 0) is 6.18 Å². The predicted octanol–water partition coefficient (Wildman–Crippen LogP) is 3.59. The summed E-state index contributed by atoms with van der Waals surface area (Å²) < 4.78 is 77.0. The molecule has 1 aliphatic rings. The second-order valence-corrected chi connectivity index (χ2v) is 6.48. The van der Waals surface area contributed by atoms with Crippen molar-refractivity contribution in [2.45, 2.75) is 24.9 Å². The van der Waals surface area contributed by atoms with Gasteiger partial charge in [0.2, 0.25) is 18.1 Å². The van der Waals surface area contributed by atoms with Crippen LogP contribution in [0, 0.1) is 5.92 Å². The molecule has 0 bridgehead atoms. The number of hydrogen-bond acceptors (Lipinski definition) is 6. The summed E-state index contributed by atoms with van der Waals surface area (Å²) in [5.41, 5.74) is 0.562. The van der Waals surface area contributed by atoms with Gasteiger partial charge in [-0.05, 0) is 24.0 Å². The molecule has 12 heteroatoms. The van der Waals surface area contributed by atoms with E-state index in [4.69, 9.17) is 9.47 Å². The van der Waals surface area contributed by atoms with Gasteiger partial charge in [-0.25, -0.2) is 23.3 Å². The quantitative estimate of drug-likeness (QED) is 0.593. The lowest BCUT2D eigenvalue weighted by Gasteiger charge is -2.12. The monoisotopic (exact) mass is 415 g/mol. The van der Waals surface area contributed by atoms with E-state index in [1.165, 1.54) is 26.5 Å². The summed E-state index contributed by atoms with van der Waals surface area (Å²) in [4.78, 5) is 11.3. The number of ether oxygens (including phenoxy) is 2. The standard InChI is InChI=1S/C17H14F5N5O2/c1-28-14-10(5-24-16(25-14)29-2)11-4-8(7-3-9(7)13(18)19)12-6-23-15(17(20,21)22)27(12)26-11/h4-7,9,13H,3H2,1-2H3/t7-,9+/m1/s1. The Morgan fingerprint density at radius 3 is 2.48 bits per heavy atom. The first-order valence-electron chi connectivity index (χ1n) is 8.44. The highest BCUT2D eigenvalue weighted by Gasteiger charge is 2.47. The third kappa shape index (κ3) is 3.32. The number of halogens is 5. The molecule has 1 saturated carbocycles. The summed E-state index contributed by atoms with van der Waals surface area (Å²) in [5, 5.41) is 4.02. The highest BCUT2D eigenvalue weighted by Crippen LogP contribution is 2.52. The highest BCUT2D eigenvalue weighted by molar-refractivity contribution is 5.69. The lowest BCUT2D eigenvalue weighted by molar-refractivity contribution is -0.146. The molecule has 0 spiro atoms. The summed E-state index contributed by atoms with van der Waals surface area (Å²) in [7, 11) is 2.66. The third-order valence-corrected chi connectivity index (χ3v) is 4.73. The molecule has 7 nitrogen and oxygen atoms in total. The van der Waals surface area contributed by atoms with E-state index in [0.29, 0.717) is 10.1 Å². The van der Waals surface area contributed by atoms with Crippen molar-refractivity contribution in [3.63, 3.8) is 0 Å². The van der Waals surface area contributed by atoms with Crippen LogP contribution in [0.25, 0.3) is 16.8 Å². The lowest BCUT2D eigenvalue weighted by atomic mass is 10.1. The number of rotatable bonds is 5. The first-order valence-corrected chi connectivity index (χ1v) is 8.44. The van der Waals surface area contributed by atoms with E-state index < -0.39 is 30.3 Å². The molecule has 0 radical (unpaired) electrons. The minimum absolute atomic E-state index is 0.00882. The summed E-state index contributed by atoms with van der Waals surface area (Å²) in [6.07, 6.45) is -4.90. The SMILES string of the molecule is COc1ncc(-c2cc([C@H]3C[C@@H]3C(F)F)c3cnc(C(F)(F)F)n3n2)c(OC)n1. The minimum Gasteiger partial charge on any atom is -0.480 e. The van der Waals surface area contributed by atoms with Crippen LogP contribution in [0.1, 0.15) is 23.7 Å². The molecule has 29 heavy (non-hydrogen) atoms. The molecular weight excluding hydrogens is 401 g/mol. The molecule has 4 rings (SSSR count). The number of alkyl halides is 5. The molecule has 0 saturated heterocycles. The van der Waals surface area contributed by atoms with Crippen molar-refractivity contribution in [1.82, 2.24) is 24.6 Å². The van der Waals surface area contributed by atoms with Gasteiger partial charge in [-0.3, -0.25) is 0 Å². The van der Waals surface area contributed by atoms with Crippen LogP contribution in [0.2, 0.25) is 0 Å². The van der Waals surface area contributed by atoms with Gasteiger partial charge in [0, 0.05) is 12.1 Å². The van der Waals surface area contributed by atoms with Gasteiger partial charge in [0.25, 0.3) is 0 Å². The minimum atomic E-state index is -4.78. The zero-order valence-corrected chi connectivity index (χ0v) is 15.1.